The molecule has 2 atom stereocenters. The van der Waals surface area contributed by atoms with Gasteiger partial charge in [-0.05, 0) is 12.1 Å². The van der Waals surface area contributed by atoms with Crippen molar-refractivity contribution in [3.8, 4) is 0 Å². The van der Waals surface area contributed by atoms with Crippen LogP contribution in [0.3, 0.4) is 0 Å². The molecule has 6 nitrogen and oxygen atoms in total. The number of methoxy groups -OCH3 is 1. The number of hydrogen-bond donors (Lipinski definition) is 0. The van der Waals surface area contributed by atoms with E-state index in [4.69, 9.17) is 16.3 Å². The zero-order valence-electron chi connectivity index (χ0n) is 11.4. The van der Waals surface area contributed by atoms with Crippen molar-refractivity contribution in [2.75, 3.05) is 25.1 Å². The summed E-state index contributed by atoms with van der Waals surface area (Å²) < 4.78 is 7.30. The van der Waals surface area contributed by atoms with Gasteiger partial charge in [0, 0.05) is 39.6 Å². The van der Waals surface area contributed by atoms with Gasteiger partial charge in [-0.2, -0.15) is 0 Å². The number of aromatic nitrogens is 4. The molecule has 1 saturated heterocycles. The van der Waals surface area contributed by atoms with Crippen LogP contribution in [-0.2, 0) is 11.8 Å². The first-order chi connectivity index (χ1) is 9.69. The molecule has 1 fully saturated rings. The van der Waals surface area contributed by atoms with E-state index in [9.17, 15) is 0 Å². The van der Waals surface area contributed by atoms with Crippen LogP contribution in [-0.4, -0.2) is 46.3 Å². The van der Waals surface area contributed by atoms with Crippen LogP contribution in [0.25, 0.3) is 0 Å². The van der Waals surface area contributed by atoms with Crippen molar-refractivity contribution in [1.82, 2.24) is 20.0 Å². The lowest BCUT2D eigenvalue weighted by atomic mass is 10.0. The van der Waals surface area contributed by atoms with E-state index in [2.05, 4.69) is 20.2 Å². The molecule has 2 aromatic rings. The maximum absolute atomic E-state index is 6.22. The SMILES string of the molecule is CO[C@@H]1CN(c2ncccc2Cl)C[C@H]1c1cn(C)nn1. The average Bonchev–Trinajstić information content (AvgIpc) is 3.05. The molecule has 0 amide bonds. The predicted octanol–water partition coefficient (Wildman–Crippen LogP) is 1.48. The highest BCUT2D eigenvalue weighted by molar-refractivity contribution is 6.32. The summed E-state index contributed by atoms with van der Waals surface area (Å²) in [6, 6.07) is 3.68. The molecule has 106 valence electrons. The van der Waals surface area contributed by atoms with Crippen LogP contribution in [0.4, 0.5) is 5.82 Å². The summed E-state index contributed by atoms with van der Waals surface area (Å²) in [5, 5.41) is 8.85. The second-order valence-corrected chi connectivity index (χ2v) is 5.32. The molecule has 2 aromatic heterocycles. The summed E-state index contributed by atoms with van der Waals surface area (Å²) in [7, 11) is 3.58. The van der Waals surface area contributed by atoms with Crippen LogP contribution in [0.1, 0.15) is 11.6 Å². The third kappa shape index (κ3) is 2.36. The van der Waals surface area contributed by atoms with Crippen molar-refractivity contribution < 1.29 is 4.74 Å². The van der Waals surface area contributed by atoms with E-state index in [1.807, 2.05) is 25.4 Å². The topological polar surface area (TPSA) is 56.1 Å². The van der Waals surface area contributed by atoms with E-state index in [0.717, 1.165) is 24.6 Å². The molecule has 0 spiro atoms. The molecule has 0 aliphatic carbocycles. The number of pyridine rings is 1. The van der Waals surface area contributed by atoms with Crippen molar-refractivity contribution in [1.29, 1.82) is 0 Å². The predicted molar refractivity (Wildman–Crippen MR) is 76.0 cm³/mol. The van der Waals surface area contributed by atoms with Gasteiger partial charge in [0.05, 0.1) is 22.7 Å². The number of halogens is 1. The molecular formula is C13H16ClN5O. The lowest BCUT2D eigenvalue weighted by molar-refractivity contribution is 0.105. The molecule has 0 unspecified atom stereocenters. The van der Waals surface area contributed by atoms with Gasteiger partial charge >= 0.3 is 0 Å². The van der Waals surface area contributed by atoms with Crippen molar-refractivity contribution in [3.63, 3.8) is 0 Å². The minimum absolute atomic E-state index is 0.0600. The average molecular weight is 294 g/mol. The first kappa shape index (κ1) is 13.3. The quantitative estimate of drug-likeness (QED) is 0.858. The van der Waals surface area contributed by atoms with Crippen LogP contribution in [0.2, 0.25) is 5.02 Å². The minimum Gasteiger partial charge on any atom is -0.379 e. The van der Waals surface area contributed by atoms with E-state index in [-0.39, 0.29) is 12.0 Å². The summed E-state index contributed by atoms with van der Waals surface area (Å²) in [6.07, 6.45) is 3.74. The molecule has 0 aromatic carbocycles. The second-order valence-electron chi connectivity index (χ2n) is 4.91. The standard InChI is InChI=1S/C13H16ClN5O/c1-18-7-11(16-17-18)9-6-19(8-12(9)20-2)13-10(14)4-3-5-15-13/h3-5,7,9,12H,6,8H2,1-2H3/t9-,12+/m0/s1. The lowest BCUT2D eigenvalue weighted by Gasteiger charge is -2.17. The van der Waals surface area contributed by atoms with Crippen molar-refractivity contribution in [3.05, 3.63) is 35.2 Å². The van der Waals surface area contributed by atoms with Gasteiger partial charge in [-0.1, -0.05) is 16.8 Å². The fraction of sp³-hybridized carbons (Fsp3) is 0.462. The highest BCUT2D eigenvalue weighted by Gasteiger charge is 2.36. The zero-order chi connectivity index (χ0) is 14.1. The Kier molecular flexibility index (Phi) is 3.58. The molecule has 1 aliphatic rings. The van der Waals surface area contributed by atoms with Gasteiger partial charge in [-0.3, -0.25) is 4.68 Å². The first-order valence-corrected chi connectivity index (χ1v) is 6.81. The normalized spacial score (nSPS) is 22.4. The number of anilines is 1. The van der Waals surface area contributed by atoms with Gasteiger partial charge in [0.15, 0.2) is 0 Å². The maximum atomic E-state index is 6.22. The monoisotopic (exact) mass is 293 g/mol. The highest BCUT2D eigenvalue weighted by Crippen LogP contribution is 2.33. The molecule has 0 N–H and O–H groups in total. The van der Waals surface area contributed by atoms with Gasteiger partial charge in [0.1, 0.15) is 5.82 Å². The molecule has 1 aliphatic heterocycles. The van der Waals surface area contributed by atoms with Gasteiger partial charge in [-0.15, -0.1) is 5.10 Å². The van der Waals surface area contributed by atoms with Crippen LogP contribution in [0.15, 0.2) is 24.5 Å². The number of rotatable bonds is 3. The molecule has 3 rings (SSSR count). The fourth-order valence-corrected chi connectivity index (χ4v) is 2.86. The van der Waals surface area contributed by atoms with Crippen molar-refractivity contribution in [2.45, 2.75) is 12.0 Å². The smallest absolute Gasteiger partial charge is 0.147 e. The second kappa shape index (κ2) is 5.38. The van der Waals surface area contributed by atoms with E-state index in [1.165, 1.54) is 0 Å². The Balaban J connectivity index is 1.86. The van der Waals surface area contributed by atoms with Gasteiger partial charge in [0.2, 0.25) is 0 Å². The summed E-state index contributed by atoms with van der Waals surface area (Å²) in [5.74, 6) is 0.967. The van der Waals surface area contributed by atoms with E-state index in [1.54, 1.807) is 18.0 Å². The Morgan fingerprint density at radius 3 is 2.90 bits per heavy atom. The summed E-state index contributed by atoms with van der Waals surface area (Å²) in [4.78, 5) is 6.49. The largest absolute Gasteiger partial charge is 0.379 e. The van der Waals surface area contributed by atoms with Crippen LogP contribution >= 0.6 is 11.6 Å². The molecule has 3 heterocycles. The number of ether oxygens (including phenoxy) is 1. The molecule has 7 heteroatoms. The minimum atomic E-state index is 0.0600. The highest BCUT2D eigenvalue weighted by atomic mass is 35.5. The molecule has 0 saturated carbocycles. The van der Waals surface area contributed by atoms with E-state index in [0.29, 0.717) is 5.02 Å². The Labute approximate surface area is 122 Å². The molecule has 0 radical (unpaired) electrons. The fourth-order valence-electron chi connectivity index (χ4n) is 2.61. The molecule has 20 heavy (non-hydrogen) atoms. The number of nitrogens with zero attached hydrogens (tertiary/aromatic N) is 5. The van der Waals surface area contributed by atoms with Crippen LogP contribution < -0.4 is 4.90 Å². The maximum Gasteiger partial charge on any atom is 0.147 e. The summed E-state index contributed by atoms with van der Waals surface area (Å²) in [5.41, 5.74) is 0.939. The third-order valence-corrected chi connectivity index (χ3v) is 3.90. The number of hydrogen-bond acceptors (Lipinski definition) is 5. The van der Waals surface area contributed by atoms with Gasteiger partial charge < -0.3 is 9.64 Å². The first-order valence-electron chi connectivity index (χ1n) is 6.43. The Hall–Kier alpha value is -1.66. The lowest BCUT2D eigenvalue weighted by Crippen LogP contribution is -2.23. The molecular weight excluding hydrogens is 278 g/mol. The Morgan fingerprint density at radius 1 is 1.40 bits per heavy atom. The summed E-state index contributed by atoms with van der Waals surface area (Å²) in [6.45, 7) is 1.52. The zero-order valence-corrected chi connectivity index (χ0v) is 12.2. The van der Waals surface area contributed by atoms with Gasteiger partial charge in [0.25, 0.3) is 0 Å². The van der Waals surface area contributed by atoms with Crippen molar-refractivity contribution in [2.24, 2.45) is 7.05 Å². The third-order valence-electron chi connectivity index (χ3n) is 3.61. The van der Waals surface area contributed by atoms with Crippen LogP contribution in [0, 0.1) is 0 Å². The number of aryl methyl sites for hydroxylation is 1. The molecule has 0 bridgehead atoms. The summed E-state index contributed by atoms with van der Waals surface area (Å²) >= 11 is 6.22. The van der Waals surface area contributed by atoms with E-state index >= 15 is 0 Å². The van der Waals surface area contributed by atoms with Gasteiger partial charge in [-0.25, -0.2) is 4.98 Å². The van der Waals surface area contributed by atoms with E-state index < -0.39 is 0 Å². The van der Waals surface area contributed by atoms with Crippen molar-refractivity contribution >= 4 is 17.4 Å². The Morgan fingerprint density at radius 2 is 2.25 bits per heavy atom. The Bertz CT molecular complexity index is 602. The van der Waals surface area contributed by atoms with Crippen LogP contribution in [0.5, 0.6) is 0 Å².